The van der Waals surface area contributed by atoms with Gasteiger partial charge in [-0.1, -0.05) is 18.2 Å². The van der Waals surface area contributed by atoms with E-state index in [1.54, 1.807) is 0 Å². The minimum Gasteiger partial charge on any atom is -0.744 e. The van der Waals surface area contributed by atoms with Crippen LogP contribution in [0.4, 0.5) is 5.69 Å². The van der Waals surface area contributed by atoms with Crippen molar-refractivity contribution >= 4 is 98.4 Å². The number of aromatic carboxylic acids is 1. The largest absolute Gasteiger partial charge is 0.744 e. The molecular weight excluding hydrogens is 640 g/mol. The monoisotopic (exact) mass is 661 g/mol. The van der Waals surface area contributed by atoms with Gasteiger partial charge < -0.3 is 24.6 Å². The van der Waals surface area contributed by atoms with Crippen LogP contribution in [-0.4, -0.2) is 97.6 Å². The molecule has 0 saturated carbocycles. The molecule has 2 amide bonds. The number of anilines is 1. The number of amides is 2. The van der Waals surface area contributed by atoms with E-state index in [9.17, 15) is 50.2 Å². The van der Waals surface area contributed by atoms with Gasteiger partial charge in [-0.2, -0.15) is 8.42 Å². The van der Waals surface area contributed by atoms with Crippen LogP contribution in [0.1, 0.15) is 30.1 Å². The number of rotatable bonds is 5. The fraction of sp³-hybridized carbons (Fsp3) is 0.115. The number of carbonyl (C=O) groups excluding carboxylic acids is 3. The van der Waals surface area contributed by atoms with Crippen molar-refractivity contribution in [2.45, 2.75) is 29.6 Å². The van der Waals surface area contributed by atoms with Crippen molar-refractivity contribution < 1.29 is 64.9 Å². The summed E-state index contributed by atoms with van der Waals surface area (Å²) >= 11 is 0. The molecule has 46 heavy (non-hydrogen) atoms. The van der Waals surface area contributed by atoms with E-state index >= 15 is 0 Å². The standard InChI is InChI=1S/C20H14N2O9S2.C6H7NO4.2Li/c21-13-7-5-11-15(9-3-1-2-4-10(9)20(23)24)12-6-8-14(22)19(33(28,29)30)17(12)31-16(11)18(13)32(25,26)27;1-4(8)11-7-5(9)2-3-6(7)10;;/h1-8,21H,22H2,(H,23,24)(H,25,26,27)(H,28,29,30);2-3H2,1H3;;. The molecular formula is C26H21Li2N3O13S2. The molecule has 1 saturated heterocycles. The summed E-state index contributed by atoms with van der Waals surface area (Å²) in [5.41, 5.74) is 4.47. The van der Waals surface area contributed by atoms with Crippen LogP contribution in [0.25, 0.3) is 33.4 Å². The zero-order chi connectivity index (χ0) is 32.7. The molecule has 0 atom stereocenters. The Bertz CT molecular complexity index is 2130. The van der Waals surface area contributed by atoms with E-state index in [1.165, 1.54) is 36.4 Å². The Morgan fingerprint density at radius 2 is 1.54 bits per heavy atom. The number of nitrogens with zero attached hydrogens (tertiary/aromatic N) is 1. The molecule has 0 unspecified atom stereocenters. The fourth-order valence-corrected chi connectivity index (χ4v) is 5.97. The number of carboxylic acids is 1. The molecule has 2 aliphatic heterocycles. The zero-order valence-electron chi connectivity index (χ0n) is 24.3. The van der Waals surface area contributed by atoms with E-state index in [1.807, 2.05) is 0 Å². The normalized spacial score (nSPS) is 13.0. The summed E-state index contributed by atoms with van der Waals surface area (Å²) in [7, 11) is -10.2. The van der Waals surface area contributed by atoms with Crippen LogP contribution in [0, 0.1) is 0 Å². The Labute approximate surface area is 284 Å². The number of imide groups is 1. The van der Waals surface area contributed by atoms with Crippen LogP contribution in [0.5, 0.6) is 0 Å². The van der Waals surface area contributed by atoms with E-state index in [2.05, 4.69) is 4.84 Å². The number of carboxylic acid groups (broad SMARTS) is 1. The predicted molar refractivity (Wildman–Crippen MR) is 157 cm³/mol. The van der Waals surface area contributed by atoms with Gasteiger partial charge in [0.05, 0.1) is 11.3 Å². The van der Waals surface area contributed by atoms with Gasteiger partial charge in [-0.15, -0.1) is 5.06 Å². The van der Waals surface area contributed by atoms with Gasteiger partial charge in [-0.05, 0) is 29.8 Å². The molecule has 16 nitrogen and oxygen atoms in total. The third kappa shape index (κ3) is 7.52. The quantitative estimate of drug-likeness (QED) is 0.0667. The molecule has 232 valence electrons. The van der Waals surface area contributed by atoms with Crippen LogP contribution >= 0.6 is 0 Å². The Morgan fingerprint density at radius 1 is 0.957 bits per heavy atom. The summed E-state index contributed by atoms with van der Waals surface area (Å²) in [4.78, 5) is 46.2. The third-order valence-electron chi connectivity index (χ3n) is 6.19. The molecule has 2 heterocycles. The summed E-state index contributed by atoms with van der Waals surface area (Å²) in [6.07, 6.45) is 0.262. The average molecular weight is 661 g/mol. The summed E-state index contributed by atoms with van der Waals surface area (Å²) in [5.74, 6) is -3.48. The first kappa shape index (κ1) is 38.2. The molecule has 20 heteroatoms. The van der Waals surface area contributed by atoms with Crippen LogP contribution in [-0.2, 0) is 39.5 Å². The molecule has 0 spiro atoms. The number of nitrogen functional groups attached to an aromatic ring is 1. The van der Waals surface area contributed by atoms with Crippen molar-refractivity contribution in [3.8, 4) is 22.5 Å². The van der Waals surface area contributed by atoms with Gasteiger partial charge in [-0.3, -0.25) is 19.6 Å². The van der Waals surface area contributed by atoms with Gasteiger partial charge >= 0.3 is 22.1 Å². The SMILES string of the molecule is CC(=O)ON1C(=O)CCC1=O.Nc1ccc2c(-c3ccccc3C(=O)O)c3ccc(=[NH2+])c(S(=O)(=O)O)c-3oc2c1S(=O)(=O)[O-].[Li].[Li]. The maximum atomic E-state index is 12.1. The molecule has 2 aromatic rings. The van der Waals surface area contributed by atoms with E-state index in [4.69, 9.17) is 15.6 Å². The van der Waals surface area contributed by atoms with Gasteiger partial charge in [0.15, 0.2) is 11.3 Å². The molecule has 5 rings (SSSR count). The summed E-state index contributed by atoms with van der Waals surface area (Å²) < 4.78 is 75.5. The number of hydrogen-bond acceptors (Lipinski definition) is 12. The Morgan fingerprint density at radius 3 is 2.07 bits per heavy atom. The van der Waals surface area contributed by atoms with Crippen molar-refractivity contribution in [3.63, 3.8) is 0 Å². The first-order chi connectivity index (χ1) is 20.4. The van der Waals surface area contributed by atoms with Gasteiger partial charge in [0.25, 0.3) is 11.8 Å². The first-order valence-corrected chi connectivity index (χ1v) is 15.0. The number of benzene rings is 3. The van der Waals surface area contributed by atoms with Crippen LogP contribution in [0.15, 0.2) is 62.7 Å². The minimum atomic E-state index is -5.24. The van der Waals surface area contributed by atoms with Crippen LogP contribution in [0.3, 0.4) is 0 Å². The Hall–Kier alpha value is -3.98. The van der Waals surface area contributed by atoms with Gasteiger partial charge in [0, 0.05) is 80.1 Å². The smallest absolute Gasteiger partial charge is 0.336 e. The molecule has 2 radical (unpaired) electrons. The maximum absolute atomic E-state index is 12.1. The van der Waals surface area contributed by atoms with E-state index in [0.717, 1.165) is 19.1 Å². The molecule has 1 aliphatic carbocycles. The van der Waals surface area contributed by atoms with Gasteiger partial charge in [0.1, 0.15) is 15.0 Å². The number of carbonyl (C=O) groups is 4. The first-order valence-electron chi connectivity index (χ1n) is 12.1. The van der Waals surface area contributed by atoms with Crippen molar-refractivity contribution in [1.29, 1.82) is 0 Å². The average Bonchev–Trinajstić information content (AvgIpc) is 3.22. The number of hydrogen-bond donors (Lipinski definition) is 4. The van der Waals surface area contributed by atoms with Crippen molar-refractivity contribution in [3.05, 3.63) is 59.5 Å². The molecule has 2 aromatic carbocycles. The van der Waals surface area contributed by atoms with Crippen molar-refractivity contribution in [2.75, 3.05) is 5.73 Å². The number of nitrogens with two attached hydrogens (primary N) is 2. The second kappa shape index (κ2) is 14.2. The molecule has 0 aromatic heterocycles. The molecule has 6 N–H and O–H groups in total. The fourth-order valence-electron chi connectivity index (χ4n) is 4.49. The second-order valence-electron chi connectivity index (χ2n) is 9.14. The maximum Gasteiger partial charge on any atom is 0.336 e. The summed E-state index contributed by atoms with van der Waals surface area (Å²) in [5, 5.41) is 15.5. The van der Waals surface area contributed by atoms with Gasteiger partial charge in [0.2, 0.25) is 10.3 Å². The molecule has 3 aliphatic rings. The summed E-state index contributed by atoms with van der Waals surface area (Å²) in [6.45, 7) is 1.14. The van der Waals surface area contributed by atoms with Gasteiger partial charge in [-0.25, -0.2) is 18.0 Å². The zero-order valence-corrected chi connectivity index (χ0v) is 26.0. The Kier molecular flexibility index (Phi) is 11.8. The van der Waals surface area contributed by atoms with E-state index < -0.39 is 76.2 Å². The van der Waals surface area contributed by atoms with Crippen LogP contribution < -0.4 is 16.5 Å². The third-order valence-corrected chi connectivity index (χ3v) is 8.05. The van der Waals surface area contributed by atoms with Crippen molar-refractivity contribution in [1.82, 2.24) is 5.06 Å². The molecule has 1 fully saturated rings. The number of hydroxylamine groups is 2. The predicted octanol–water partition coefficient (Wildman–Crippen LogP) is -0.852. The number of fused-ring (bicyclic) bond motifs is 2. The van der Waals surface area contributed by atoms with E-state index in [-0.39, 0.29) is 78.2 Å². The second-order valence-corrected chi connectivity index (χ2v) is 11.8. The molecule has 0 bridgehead atoms. The van der Waals surface area contributed by atoms with E-state index in [0.29, 0.717) is 5.06 Å². The Balaban J connectivity index is 0.000000483. The van der Waals surface area contributed by atoms with Crippen molar-refractivity contribution in [2.24, 2.45) is 0 Å². The van der Waals surface area contributed by atoms with Crippen LogP contribution in [0.2, 0.25) is 0 Å². The minimum absolute atomic E-state index is 0. The topological polar surface area (TPSA) is 277 Å². The summed E-state index contributed by atoms with van der Waals surface area (Å²) in [6, 6.07) is 10.6.